The largest absolute Gasteiger partial charge is 0.371 e. The SMILES string of the molecule is CC(C)OC(C)c1nnc(N2C(=O)N(C)CC2O)s1. The van der Waals surface area contributed by atoms with Gasteiger partial charge in [0.2, 0.25) is 5.13 Å². The maximum Gasteiger partial charge on any atom is 0.328 e. The van der Waals surface area contributed by atoms with Crippen LogP contribution in [0.2, 0.25) is 0 Å². The standard InChI is InChI=1S/C11H18N4O3S/c1-6(2)18-7(3)9-12-13-10(19-9)15-8(16)5-14(4)11(15)17/h6-8,16H,5H2,1-4H3. The molecule has 0 bridgehead atoms. The minimum atomic E-state index is -0.875. The van der Waals surface area contributed by atoms with Gasteiger partial charge in [0, 0.05) is 7.05 Å². The van der Waals surface area contributed by atoms with Crippen LogP contribution >= 0.6 is 11.3 Å². The van der Waals surface area contributed by atoms with E-state index in [0.717, 1.165) is 0 Å². The fraction of sp³-hybridized carbons (Fsp3) is 0.727. The van der Waals surface area contributed by atoms with Gasteiger partial charge >= 0.3 is 6.03 Å². The van der Waals surface area contributed by atoms with E-state index >= 15 is 0 Å². The number of nitrogens with zero attached hydrogens (tertiary/aromatic N) is 4. The Morgan fingerprint density at radius 2 is 2.11 bits per heavy atom. The van der Waals surface area contributed by atoms with Crippen molar-refractivity contribution in [2.45, 2.75) is 39.2 Å². The molecule has 1 aromatic heterocycles. The van der Waals surface area contributed by atoms with E-state index in [0.29, 0.717) is 10.1 Å². The third-order valence-corrected chi connectivity index (χ3v) is 3.81. The quantitative estimate of drug-likeness (QED) is 0.900. The van der Waals surface area contributed by atoms with Crippen LogP contribution in [0.15, 0.2) is 0 Å². The minimum absolute atomic E-state index is 0.0903. The van der Waals surface area contributed by atoms with Crippen LogP contribution in [0.3, 0.4) is 0 Å². The highest BCUT2D eigenvalue weighted by atomic mass is 32.1. The molecule has 2 amide bonds. The Morgan fingerprint density at radius 3 is 2.63 bits per heavy atom. The number of hydrogen-bond acceptors (Lipinski definition) is 6. The molecule has 2 heterocycles. The summed E-state index contributed by atoms with van der Waals surface area (Å²) in [7, 11) is 1.64. The molecule has 2 rings (SSSR count). The molecule has 0 aromatic carbocycles. The first-order valence-electron chi connectivity index (χ1n) is 6.11. The van der Waals surface area contributed by atoms with Gasteiger partial charge < -0.3 is 14.7 Å². The number of carbonyl (C=O) groups excluding carboxylic acids is 1. The second-order valence-corrected chi connectivity index (χ2v) is 5.75. The predicted molar refractivity (Wildman–Crippen MR) is 71.1 cm³/mol. The summed E-state index contributed by atoms with van der Waals surface area (Å²) in [5, 5.41) is 18.9. The van der Waals surface area contributed by atoms with Crippen LogP contribution in [-0.2, 0) is 4.74 Å². The maximum absolute atomic E-state index is 11.9. The van der Waals surface area contributed by atoms with Crippen molar-refractivity contribution in [2.24, 2.45) is 0 Å². The zero-order valence-corrected chi connectivity index (χ0v) is 12.2. The monoisotopic (exact) mass is 286 g/mol. The number of amides is 2. The van der Waals surface area contributed by atoms with Crippen LogP contribution in [0.4, 0.5) is 9.93 Å². The van der Waals surface area contributed by atoms with Crippen molar-refractivity contribution in [3.63, 3.8) is 0 Å². The lowest BCUT2D eigenvalue weighted by atomic mass is 10.4. The van der Waals surface area contributed by atoms with E-state index < -0.39 is 6.23 Å². The Labute approximate surface area is 115 Å². The number of carbonyl (C=O) groups is 1. The highest BCUT2D eigenvalue weighted by molar-refractivity contribution is 7.15. The second-order valence-electron chi connectivity index (χ2n) is 4.76. The molecule has 1 N–H and O–H groups in total. The van der Waals surface area contributed by atoms with E-state index in [1.807, 2.05) is 20.8 Å². The highest BCUT2D eigenvalue weighted by Gasteiger charge is 2.37. The molecule has 0 spiro atoms. The van der Waals surface area contributed by atoms with Crippen molar-refractivity contribution in [2.75, 3.05) is 18.5 Å². The summed E-state index contributed by atoms with van der Waals surface area (Å²) in [5.74, 6) is 0. The molecule has 1 fully saturated rings. The number of β-amino-alcohol motifs (C(OH)–C–C–N with tert-alkyl or cyclic N) is 1. The maximum atomic E-state index is 11.9. The Hall–Kier alpha value is -1.25. The first-order chi connectivity index (χ1) is 8.90. The van der Waals surface area contributed by atoms with E-state index in [9.17, 15) is 9.90 Å². The summed E-state index contributed by atoms with van der Waals surface area (Å²) < 4.78 is 5.62. The smallest absolute Gasteiger partial charge is 0.328 e. The highest BCUT2D eigenvalue weighted by Crippen LogP contribution is 2.30. The van der Waals surface area contributed by atoms with Crippen molar-refractivity contribution in [1.29, 1.82) is 0 Å². The van der Waals surface area contributed by atoms with E-state index in [2.05, 4.69) is 10.2 Å². The summed E-state index contributed by atoms with van der Waals surface area (Å²) in [6, 6.07) is -0.271. The van der Waals surface area contributed by atoms with Gasteiger partial charge in [-0.1, -0.05) is 11.3 Å². The summed E-state index contributed by atoms with van der Waals surface area (Å²) in [4.78, 5) is 14.6. The van der Waals surface area contributed by atoms with Crippen LogP contribution < -0.4 is 4.90 Å². The molecule has 2 atom stereocenters. The number of urea groups is 1. The molecular weight excluding hydrogens is 268 g/mol. The van der Waals surface area contributed by atoms with Gasteiger partial charge in [0.05, 0.1) is 12.6 Å². The molecule has 1 aromatic rings. The molecule has 0 radical (unpaired) electrons. The molecule has 7 nitrogen and oxygen atoms in total. The van der Waals surface area contributed by atoms with Gasteiger partial charge in [0.25, 0.3) is 0 Å². The number of ether oxygens (including phenoxy) is 1. The lowest BCUT2D eigenvalue weighted by Crippen LogP contribution is -2.34. The molecule has 106 valence electrons. The molecule has 19 heavy (non-hydrogen) atoms. The molecule has 1 saturated heterocycles. The number of aliphatic hydroxyl groups is 1. The predicted octanol–water partition coefficient (Wildman–Crippen LogP) is 1.21. The average molecular weight is 286 g/mol. The van der Waals surface area contributed by atoms with Gasteiger partial charge in [-0.3, -0.25) is 0 Å². The van der Waals surface area contributed by atoms with E-state index in [1.165, 1.54) is 21.1 Å². The molecule has 0 aliphatic carbocycles. The lowest BCUT2D eigenvalue weighted by Gasteiger charge is -2.15. The Balaban J connectivity index is 2.15. The molecule has 1 aliphatic heterocycles. The molecule has 2 unspecified atom stereocenters. The van der Waals surface area contributed by atoms with Crippen molar-refractivity contribution >= 4 is 22.5 Å². The number of aliphatic hydroxyl groups excluding tert-OH is 1. The second kappa shape index (κ2) is 5.40. The fourth-order valence-electron chi connectivity index (χ4n) is 1.88. The Morgan fingerprint density at radius 1 is 1.42 bits per heavy atom. The van der Waals surface area contributed by atoms with Crippen molar-refractivity contribution in [3.8, 4) is 0 Å². The zero-order valence-electron chi connectivity index (χ0n) is 11.4. The van der Waals surface area contributed by atoms with E-state index in [1.54, 1.807) is 7.05 Å². The van der Waals surface area contributed by atoms with Gasteiger partial charge in [-0.25, -0.2) is 9.69 Å². The third kappa shape index (κ3) is 2.85. The first-order valence-corrected chi connectivity index (χ1v) is 6.93. The number of likely N-dealkylation sites (N-methyl/N-ethyl adjacent to an activating group) is 1. The van der Waals surface area contributed by atoms with Gasteiger partial charge in [0.15, 0.2) is 6.23 Å². The topological polar surface area (TPSA) is 78.8 Å². The van der Waals surface area contributed by atoms with Gasteiger partial charge in [0.1, 0.15) is 11.1 Å². The lowest BCUT2D eigenvalue weighted by molar-refractivity contribution is 0.0174. The first kappa shape index (κ1) is 14.2. The van der Waals surface area contributed by atoms with Crippen LogP contribution in [0.25, 0.3) is 0 Å². The summed E-state index contributed by atoms with van der Waals surface area (Å²) in [6.45, 7) is 6.05. The summed E-state index contributed by atoms with van der Waals surface area (Å²) >= 11 is 1.26. The molecule has 1 aliphatic rings. The number of aromatic nitrogens is 2. The van der Waals surface area contributed by atoms with Crippen LogP contribution in [0.5, 0.6) is 0 Å². The average Bonchev–Trinajstić information content (AvgIpc) is 2.85. The Bertz CT molecular complexity index is 465. The third-order valence-electron chi connectivity index (χ3n) is 2.73. The minimum Gasteiger partial charge on any atom is -0.371 e. The summed E-state index contributed by atoms with van der Waals surface area (Å²) in [6.07, 6.45) is -0.967. The Kier molecular flexibility index (Phi) is 4.02. The van der Waals surface area contributed by atoms with Gasteiger partial charge in [-0.15, -0.1) is 10.2 Å². The number of rotatable bonds is 4. The van der Waals surface area contributed by atoms with Gasteiger partial charge in [-0.05, 0) is 20.8 Å². The van der Waals surface area contributed by atoms with E-state index in [4.69, 9.17) is 4.74 Å². The number of anilines is 1. The summed E-state index contributed by atoms with van der Waals surface area (Å²) in [5.41, 5.74) is 0. The molecular formula is C11H18N4O3S. The number of hydrogen-bond donors (Lipinski definition) is 1. The van der Waals surface area contributed by atoms with Crippen molar-refractivity contribution in [1.82, 2.24) is 15.1 Å². The zero-order chi connectivity index (χ0) is 14.2. The van der Waals surface area contributed by atoms with Crippen molar-refractivity contribution in [3.05, 3.63) is 5.01 Å². The van der Waals surface area contributed by atoms with Crippen molar-refractivity contribution < 1.29 is 14.6 Å². The van der Waals surface area contributed by atoms with Crippen LogP contribution in [-0.4, -0.2) is 52.2 Å². The van der Waals surface area contributed by atoms with E-state index in [-0.39, 0.29) is 24.8 Å². The molecule has 0 saturated carbocycles. The normalized spacial score (nSPS) is 21.6. The fourth-order valence-corrected chi connectivity index (χ4v) is 2.75. The van der Waals surface area contributed by atoms with Crippen LogP contribution in [0.1, 0.15) is 31.9 Å². The molecule has 8 heteroatoms. The van der Waals surface area contributed by atoms with Gasteiger partial charge in [-0.2, -0.15) is 0 Å². The van der Waals surface area contributed by atoms with Crippen LogP contribution in [0, 0.1) is 0 Å².